The standard InChI is InChI=1S/C6H8IN3/c1-10(2)6-4-8-3-5(7)9-6/h3-4H,1-2H3. The van der Waals surface area contributed by atoms with Gasteiger partial charge in [0.15, 0.2) is 0 Å². The Hall–Kier alpha value is -0.390. The van der Waals surface area contributed by atoms with Crippen molar-refractivity contribution in [1.29, 1.82) is 0 Å². The first-order valence-corrected chi connectivity index (χ1v) is 3.93. The minimum atomic E-state index is 0.895. The predicted molar refractivity (Wildman–Crippen MR) is 49.1 cm³/mol. The Balaban J connectivity index is 2.96. The molecule has 0 aromatic carbocycles. The summed E-state index contributed by atoms with van der Waals surface area (Å²) in [5.74, 6) is 0.895. The van der Waals surface area contributed by atoms with Crippen molar-refractivity contribution in [3.63, 3.8) is 0 Å². The molecule has 1 aromatic heterocycles. The van der Waals surface area contributed by atoms with E-state index in [1.807, 2.05) is 19.0 Å². The molecule has 1 aromatic rings. The third-order valence-corrected chi connectivity index (χ3v) is 1.57. The molecule has 0 aliphatic heterocycles. The van der Waals surface area contributed by atoms with Gasteiger partial charge in [0.05, 0.1) is 12.4 Å². The summed E-state index contributed by atoms with van der Waals surface area (Å²) in [5, 5.41) is 0. The molecule has 0 amide bonds. The van der Waals surface area contributed by atoms with Gasteiger partial charge in [0, 0.05) is 14.1 Å². The van der Waals surface area contributed by atoms with Gasteiger partial charge in [-0.25, -0.2) is 4.98 Å². The van der Waals surface area contributed by atoms with Crippen LogP contribution in [0.1, 0.15) is 0 Å². The zero-order chi connectivity index (χ0) is 7.56. The number of hydrogen-bond acceptors (Lipinski definition) is 3. The first-order valence-electron chi connectivity index (χ1n) is 2.85. The summed E-state index contributed by atoms with van der Waals surface area (Å²) in [5.41, 5.74) is 0. The van der Waals surface area contributed by atoms with E-state index in [0.717, 1.165) is 9.52 Å². The Bertz CT molecular complexity index is 224. The van der Waals surface area contributed by atoms with Crippen LogP contribution in [0, 0.1) is 3.70 Å². The first kappa shape index (κ1) is 7.71. The molecule has 54 valence electrons. The molecule has 1 heterocycles. The predicted octanol–water partition coefficient (Wildman–Crippen LogP) is 1.15. The minimum Gasteiger partial charge on any atom is -0.361 e. The maximum atomic E-state index is 4.22. The van der Waals surface area contributed by atoms with Gasteiger partial charge in [-0.05, 0) is 22.6 Å². The van der Waals surface area contributed by atoms with Gasteiger partial charge in [-0.1, -0.05) is 0 Å². The highest BCUT2D eigenvalue weighted by Gasteiger charge is 1.95. The van der Waals surface area contributed by atoms with Gasteiger partial charge in [0.2, 0.25) is 0 Å². The van der Waals surface area contributed by atoms with Gasteiger partial charge in [-0.2, -0.15) is 0 Å². The molecule has 0 unspecified atom stereocenters. The number of anilines is 1. The average molecular weight is 249 g/mol. The summed E-state index contributed by atoms with van der Waals surface area (Å²) < 4.78 is 0.920. The molecule has 0 N–H and O–H groups in total. The second-order valence-corrected chi connectivity index (χ2v) is 3.20. The highest BCUT2D eigenvalue weighted by atomic mass is 127. The molecule has 0 aliphatic rings. The number of aromatic nitrogens is 2. The fraction of sp³-hybridized carbons (Fsp3) is 0.333. The van der Waals surface area contributed by atoms with Gasteiger partial charge in [-0.3, -0.25) is 4.98 Å². The van der Waals surface area contributed by atoms with Crippen LogP contribution in [0.5, 0.6) is 0 Å². The van der Waals surface area contributed by atoms with E-state index in [-0.39, 0.29) is 0 Å². The third kappa shape index (κ3) is 1.80. The summed E-state index contributed by atoms with van der Waals surface area (Å²) in [6.45, 7) is 0. The van der Waals surface area contributed by atoms with E-state index in [0.29, 0.717) is 0 Å². The van der Waals surface area contributed by atoms with E-state index in [1.165, 1.54) is 0 Å². The molecule has 0 atom stereocenters. The Morgan fingerprint density at radius 2 is 2.10 bits per heavy atom. The molecule has 10 heavy (non-hydrogen) atoms. The van der Waals surface area contributed by atoms with Crippen LogP contribution < -0.4 is 4.90 Å². The van der Waals surface area contributed by atoms with Crippen molar-refractivity contribution >= 4 is 28.4 Å². The Labute approximate surface area is 73.6 Å². The van der Waals surface area contributed by atoms with Gasteiger partial charge in [-0.15, -0.1) is 0 Å². The summed E-state index contributed by atoms with van der Waals surface area (Å²) in [4.78, 5) is 10.1. The maximum absolute atomic E-state index is 4.22. The van der Waals surface area contributed by atoms with Crippen molar-refractivity contribution in [1.82, 2.24) is 9.97 Å². The lowest BCUT2D eigenvalue weighted by Crippen LogP contribution is -2.11. The molecule has 0 spiro atoms. The van der Waals surface area contributed by atoms with Crippen LogP contribution in [0.25, 0.3) is 0 Å². The third-order valence-electron chi connectivity index (χ3n) is 1.05. The van der Waals surface area contributed by atoms with Gasteiger partial charge >= 0.3 is 0 Å². The van der Waals surface area contributed by atoms with Crippen LogP contribution in [0.2, 0.25) is 0 Å². The summed E-state index contributed by atoms with van der Waals surface area (Å²) in [6.07, 6.45) is 3.47. The fourth-order valence-electron chi connectivity index (χ4n) is 0.548. The van der Waals surface area contributed by atoms with Crippen LogP contribution in [-0.2, 0) is 0 Å². The van der Waals surface area contributed by atoms with Crippen LogP contribution in [-0.4, -0.2) is 24.1 Å². The highest BCUT2D eigenvalue weighted by Crippen LogP contribution is 2.06. The van der Waals surface area contributed by atoms with Gasteiger partial charge in [0.1, 0.15) is 9.52 Å². The molecule has 0 bridgehead atoms. The molecule has 0 saturated heterocycles. The van der Waals surface area contributed by atoms with Crippen molar-refractivity contribution in [2.45, 2.75) is 0 Å². The first-order chi connectivity index (χ1) is 4.70. The van der Waals surface area contributed by atoms with Gasteiger partial charge in [0.25, 0.3) is 0 Å². The lowest BCUT2D eigenvalue weighted by molar-refractivity contribution is 1.03. The minimum absolute atomic E-state index is 0.895. The Morgan fingerprint density at radius 1 is 1.40 bits per heavy atom. The van der Waals surface area contributed by atoms with E-state index in [2.05, 4.69) is 32.6 Å². The van der Waals surface area contributed by atoms with E-state index >= 15 is 0 Å². The van der Waals surface area contributed by atoms with E-state index < -0.39 is 0 Å². The van der Waals surface area contributed by atoms with Crippen LogP contribution in [0.4, 0.5) is 5.82 Å². The molecule has 1 rings (SSSR count). The summed E-state index contributed by atoms with van der Waals surface area (Å²) in [6, 6.07) is 0. The van der Waals surface area contributed by atoms with Gasteiger partial charge < -0.3 is 4.90 Å². The second-order valence-electron chi connectivity index (χ2n) is 2.09. The molecular weight excluding hydrogens is 241 g/mol. The Kier molecular flexibility index (Phi) is 2.42. The molecule has 4 heteroatoms. The average Bonchev–Trinajstić information content (AvgIpc) is 1.88. The largest absolute Gasteiger partial charge is 0.361 e. The number of nitrogens with zero attached hydrogens (tertiary/aromatic N) is 3. The maximum Gasteiger partial charge on any atom is 0.147 e. The van der Waals surface area contributed by atoms with Crippen molar-refractivity contribution in [3.05, 3.63) is 16.1 Å². The highest BCUT2D eigenvalue weighted by molar-refractivity contribution is 14.1. The van der Waals surface area contributed by atoms with E-state index in [9.17, 15) is 0 Å². The van der Waals surface area contributed by atoms with Crippen LogP contribution in [0.3, 0.4) is 0 Å². The van der Waals surface area contributed by atoms with Crippen LogP contribution >= 0.6 is 22.6 Å². The molecular formula is C6H8IN3. The number of hydrogen-bond donors (Lipinski definition) is 0. The Morgan fingerprint density at radius 3 is 2.50 bits per heavy atom. The molecule has 0 saturated carbocycles. The monoisotopic (exact) mass is 249 g/mol. The van der Waals surface area contributed by atoms with Crippen molar-refractivity contribution in [2.75, 3.05) is 19.0 Å². The molecule has 0 aliphatic carbocycles. The van der Waals surface area contributed by atoms with Crippen molar-refractivity contribution < 1.29 is 0 Å². The van der Waals surface area contributed by atoms with E-state index in [1.54, 1.807) is 12.4 Å². The SMILES string of the molecule is CN(C)c1cncc(I)n1. The second kappa shape index (κ2) is 3.14. The fourth-order valence-corrected chi connectivity index (χ4v) is 0.956. The van der Waals surface area contributed by atoms with E-state index in [4.69, 9.17) is 0 Å². The quantitative estimate of drug-likeness (QED) is 0.699. The number of rotatable bonds is 1. The smallest absolute Gasteiger partial charge is 0.147 e. The number of halogens is 1. The zero-order valence-corrected chi connectivity index (χ0v) is 8.03. The zero-order valence-electron chi connectivity index (χ0n) is 5.87. The lowest BCUT2D eigenvalue weighted by Gasteiger charge is -2.09. The summed E-state index contributed by atoms with van der Waals surface area (Å²) >= 11 is 2.14. The topological polar surface area (TPSA) is 29.0 Å². The lowest BCUT2D eigenvalue weighted by atomic mass is 10.6. The normalized spacial score (nSPS) is 9.50. The molecule has 0 radical (unpaired) electrons. The van der Waals surface area contributed by atoms with Crippen molar-refractivity contribution in [3.8, 4) is 0 Å². The van der Waals surface area contributed by atoms with Crippen LogP contribution in [0.15, 0.2) is 12.4 Å². The molecule has 3 nitrogen and oxygen atoms in total. The molecule has 0 fully saturated rings. The van der Waals surface area contributed by atoms with Crippen molar-refractivity contribution in [2.24, 2.45) is 0 Å². The summed E-state index contributed by atoms with van der Waals surface area (Å²) in [7, 11) is 3.89.